The van der Waals surface area contributed by atoms with Gasteiger partial charge in [0.05, 0.1) is 18.6 Å². The van der Waals surface area contributed by atoms with Crippen molar-refractivity contribution in [1.82, 2.24) is 4.90 Å². The number of hydrogen-bond acceptors (Lipinski definition) is 4. The van der Waals surface area contributed by atoms with Gasteiger partial charge in [-0.1, -0.05) is 0 Å². The number of likely N-dealkylation sites (tertiary alicyclic amines) is 1. The molecule has 1 fully saturated rings. The lowest BCUT2D eigenvalue weighted by atomic mass is 9.89. The molecule has 1 aliphatic rings. The summed E-state index contributed by atoms with van der Waals surface area (Å²) >= 11 is 0. The summed E-state index contributed by atoms with van der Waals surface area (Å²) in [5.74, 6) is -8.57. The van der Waals surface area contributed by atoms with E-state index < -0.39 is 42.6 Å². The molecule has 5 nitrogen and oxygen atoms in total. The first kappa shape index (κ1) is 14.2. The van der Waals surface area contributed by atoms with Gasteiger partial charge in [0, 0.05) is 0 Å². The molecule has 0 aromatic heterocycles. The first-order valence-corrected chi connectivity index (χ1v) is 4.40. The third kappa shape index (κ3) is 2.12. The van der Waals surface area contributed by atoms with Gasteiger partial charge in [-0.25, -0.2) is 4.39 Å². The number of aliphatic hydroxyl groups excluding tert-OH is 2. The summed E-state index contributed by atoms with van der Waals surface area (Å²) in [5, 5.41) is 26.9. The summed E-state index contributed by atoms with van der Waals surface area (Å²) in [7, 11) is 4.92. The minimum Gasteiger partial charge on any atom is -0.394 e. The SMILES string of the molecule is [B][C@@H]1N(C(=O)C(F)(F)F)[C@H](CO)[C@@H](O)[C@]1(O)F. The zero-order chi connectivity index (χ0) is 13.6. The van der Waals surface area contributed by atoms with Crippen molar-refractivity contribution in [3.8, 4) is 0 Å². The Hall–Kier alpha value is -0.865. The van der Waals surface area contributed by atoms with E-state index in [0.717, 1.165) is 0 Å². The van der Waals surface area contributed by atoms with Crippen LogP contribution in [0.15, 0.2) is 0 Å². The topological polar surface area (TPSA) is 81.0 Å². The molecule has 1 heterocycles. The van der Waals surface area contributed by atoms with Gasteiger partial charge in [-0.3, -0.25) is 4.79 Å². The molecule has 0 aromatic carbocycles. The summed E-state index contributed by atoms with van der Waals surface area (Å²) in [4.78, 5) is 10.6. The number of hydrogen-bond donors (Lipinski definition) is 3. The number of carbonyl (C=O) groups is 1. The van der Waals surface area contributed by atoms with Crippen LogP contribution in [-0.4, -0.2) is 70.7 Å². The third-order valence-corrected chi connectivity index (χ3v) is 2.52. The van der Waals surface area contributed by atoms with Crippen LogP contribution in [0.1, 0.15) is 0 Å². The monoisotopic (exact) mass is 257 g/mol. The second-order valence-electron chi connectivity index (χ2n) is 3.58. The van der Waals surface area contributed by atoms with Crippen LogP contribution in [0.2, 0.25) is 0 Å². The Morgan fingerprint density at radius 3 is 2.29 bits per heavy atom. The van der Waals surface area contributed by atoms with E-state index in [1.807, 2.05) is 0 Å². The molecule has 0 bridgehead atoms. The molecule has 0 saturated carbocycles. The smallest absolute Gasteiger partial charge is 0.394 e. The molecule has 0 aliphatic carbocycles. The molecule has 1 amide bonds. The van der Waals surface area contributed by atoms with Crippen molar-refractivity contribution in [3.63, 3.8) is 0 Å². The second kappa shape index (κ2) is 4.11. The zero-order valence-corrected chi connectivity index (χ0v) is 8.23. The van der Waals surface area contributed by atoms with Crippen molar-refractivity contribution in [3.05, 3.63) is 0 Å². The average Bonchev–Trinajstić information content (AvgIpc) is 2.36. The predicted octanol–water partition coefficient (Wildman–Crippen LogP) is -1.73. The van der Waals surface area contributed by atoms with E-state index in [2.05, 4.69) is 0 Å². The molecule has 17 heavy (non-hydrogen) atoms. The molecule has 0 aromatic rings. The summed E-state index contributed by atoms with van der Waals surface area (Å²) in [6, 6.07) is -1.96. The number of nitrogens with zero attached hydrogens (tertiary/aromatic N) is 1. The van der Waals surface area contributed by atoms with Gasteiger partial charge >= 0.3 is 12.1 Å². The largest absolute Gasteiger partial charge is 0.471 e. The van der Waals surface area contributed by atoms with Crippen LogP contribution in [0.5, 0.6) is 0 Å². The highest BCUT2D eigenvalue weighted by atomic mass is 19.4. The maximum Gasteiger partial charge on any atom is 0.471 e. The molecule has 1 saturated heterocycles. The van der Waals surface area contributed by atoms with Crippen molar-refractivity contribution < 1.29 is 37.7 Å². The van der Waals surface area contributed by atoms with Crippen LogP contribution in [0.3, 0.4) is 0 Å². The Labute approximate surface area is 94.0 Å². The molecule has 2 radical (unpaired) electrons. The summed E-state index contributed by atoms with van der Waals surface area (Å²) in [6.45, 7) is -1.18. The number of amides is 1. The Morgan fingerprint density at radius 2 is 1.94 bits per heavy atom. The normalized spacial score (nSPS) is 38.5. The zero-order valence-electron chi connectivity index (χ0n) is 8.23. The van der Waals surface area contributed by atoms with Gasteiger partial charge in [0.25, 0.3) is 0 Å². The van der Waals surface area contributed by atoms with E-state index >= 15 is 0 Å². The van der Waals surface area contributed by atoms with Crippen molar-refractivity contribution in [2.24, 2.45) is 0 Å². The fourth-order valence-corrected chi connectivity index (χ4v) is 1.61. The first-order valence-electron chi connectivity index (χ1n) is 4.40. The third-order valence-electron chi connectivity index (χ3n) is 2.52. The molecule has 4 atom stereocenters. The van der Waals surface area contributed by atoms with Crippen LogP contribution >= 0.6 is 0 Å². The van der Waals surface area contributed by atoms with E-state index in [1.54, 1.807) is 0 Å². The van der Waals surface area contributed by atoms with Gasteiger partial charge < -0.3 is 20.2 Å². The summed E-state index contributed by atoms with van der Waals surface area (Å²) < 4.78 is 49.8. The van der Waals surface area contributed by atoms with Crippen LogP contribution in [0.4, 0.5) is 17.6 Å². The lowest BCUT2D eigenvalue weighted by Gasteiger charge is -2.28. The molecule has 96 valence electrons. The molecular formula is C7H8BF4NO4. The minimum atomic E-state index is -5.36. The van der Waals surface area contributed by atoms with Crippen molar-refractivity contribution in [1.29, 1.82) is 0 Å². The fourth-order valence-electron chi connectivity index (χ4n) is 1.61. The molecule has 1 rings (SSSR count). The van der Waals surface area contributed by atoms with E-state index in [9.17, 15) is 22.4 Å². The Bertz CT molecular complexity index is 323. The minimum absolute atomic E-state index is 0.315. The molecule has 1 aliphatic heterocycles. The molecular weight excluding hydrogens is 249 g/mol. The van der Waals surface area contributed by atoms with Gasteiger partial charge in [0.2, 0.25) is 5.85 Å². The standard InChI is InChI=1S/C7H8BF4NO4/c8-4-6(9,17)3(15)2(1-14)13(4)5(16)7(10,11)12/h2-4,14-15,17H,1H2/t2-,3-,4-,6-/m1/s1. The first-order chi connectivity index (χ1) is 7.55. The molecule has 0 unspecified atom stereocenters. The van der Waals surface area contributed by atoms with E-state index in [4.69, 9.17) is 23.2 Å². The highest BCUT2D eigenvalue weighted by Crippen LogP contribution is 2.36. The highest BCUT2D eigenvalue weighted by Gasteiger charge is 2.61. The number of halogens is 4. The molecule has 3 N–H and O–H groups in total. The van der Waals surface area contributed by atoms with Gasteiger partial charge in [-0.05, 0) is 0 Å². The maximum absolute atomic E-state index is 13.3. The summed E-state index contributed by atoms with van der Waals surface area (Å²) in [5.41, 5.74) is 0. The Morgan fingerprint density at radius 1 is 1.47 bits per heavy atom. The van der Waals surface area contributed by atoms with Gasteiger partial charge in [0.15, 0.2) is 0 Å². The van der Waals surface area contributed by atoms with E-state index in [0.29, 0.717) is 0 Å². The predicted molar refractivity (Wildman–Crippen MR) is 45.4 cm³/mol. The average molecular weight is 257 g/mol. The van der Waals surface area contributed by atoms with E-state index in [1.165, 1.54) is 0 Å². The second-order valence-corrected chi connectivity index (χ2v) is 3.58. The van der Waals surface area contributed by atoms with E-state index in [-0.39, 0.29) is 4.90 Å². The lowest BCUT2D eigenvalue weighted by Crippen LogP contribution is -2.52. The lowest BCUT2D eigenvalue weighted by molar-refractivity contribution is -0.190. The fraction of sp³-hybridized carbons (Fsp3) is 0.857. The Balaban J connectivity index is 3.11. The van der Waals surface area contributed by atoms with Crippen molar-refractivity contribution in [2.45, 2.75) is 30.1 Å². The Kier molecular flexibility index (Phi) is 3.43. The van der Waals surface area contributed by atoms with Crippen LogP contribution in [-0.2, 0) is 4.79 Å². The maximum atomic E-state index is 13.3. The van der Waals surface area contributed by atoms with Gasteiger partial charge in [0.1, 0.15) is 14.0 Å². The van der Waals surface area contributed by atoms with Crippen molar-refractivity contribution >= 4 is 13.8 Å². The summed E-state index contributed by atoms with van der Waals surface area (Å²) in [6.07, 6.45) is -7.78. The van der Waals surface area contributed by atoms with Crippen LogP contribution in [0.25, 0.3) is 0 Å². The molecule has 0 spiro atoms. The van der Waals surface area contributed by atoms with Gasteiger partial charge in [-0.15, -0.1) is 0 Å². The number of rotatable bonds is 1. The van der Waals surface area contributed by atoms with Gasteiger partial charge in [-0.2, -0.15) is 13.2 Å². The van der Waals surface area contributed by atoms with Crippen LogP contribution < -0.4 is 0 Å². The van der Waals surface area contributed by atoms with Crippen molar-refractivity contribution in [2.75, 3.05) is 6.61 Å². The quantitative estimate of drug-likeness (QED) is 0.385. The van der Waals surface area contributed by atoms with Crippen LogP contribution in [0, 0.1) is 0 Å². The molecule has 10 heteroatoms. The number of alkyl halides is 4. The highest BCUT2D eigenvalue weighted by molar-refractivity contribution is 6.14. The number of carbonyl (C=O) groups excluding carboxylic acids is 1. The number of aliphatic hydroxyl groups is 3.